The van der Waals surface area contributed by atoms with Crippen molar-refractivity contribution in [1.82, 2.24) is 19.3 Å². The van der Waals surface area contributed by atoms with E-state index < -0.39 is 6.04 Å². The molecule has 150 valence electrons. The summed E-state index contributed by atoms with van der Waals surface area (Å²) in [6.45, 7) is 2.57. The van der Waals surface area contributed by atoms with E-state index in [1.807, 2.05) is 19.2 Å². The Labute approximate surface area is 165 Å². The molecule has 7 heteroatoms. The summed E-state index contributed by atoms with van der Waals surface area (Å²) in [5.74, 6) is -0.266. The Kier molecular flexibility index (Phi) is 5.72. The maximum atomic E-state index is 12.8. The second kappa shape index (κ2) is 8.04. The fourth-order valence-electron chi connectivity index (χ4n) is 3.92. The third-order valence-corrected chi connectivity index (χ3v) is 5.45. The van der Waals surface area contributed by atoms with E-state index in [2.05, 4.69) is 22.9 Å². The molecule has 1 fully saturated rings. The van der Waals surface area contributed by atoms with E-state index in [0.717, 1.165) is 11.1 Å². The van der Waals surface area contributed by atoms with Crippen molar-refractivity contribution in [3.05, 3.63) is 36.0 Å². The van der Waals surface area contributed by atoms with Gasteiger partial charge in [0.15, 0.2) is 0 Å². The molecule has 3 amide bonds. The number of likely N-dealkylation sites (N-methyl/N-ethyl adjacent to an activating group) is 1. The van der Waals surface area contributed by atoms with E-state index in [1.165, 1.54) is 17.2 Å². The monoisotopic (exact) mass is 384 g/mol. The summed E-state index contributed by atoms with van der Waals surface area (Å²) in [5, 5.41) is 1.17. The standard InChI is InChI=1S/C21H28N4O3/c1-15(26)25-12-11-24(14-19(25)21(28)22(2)3)20(27)10-9-16-13-23(4)18-8-6-5-7-17(16)18/h5-8,13,19H,9-12,14H2,1-4H3/t19-/m0/s1. The lowest BCUT2D eigenvalue weighted by Gasteiger charge is -2.41. The normalized spacial score (nSPS) is 17.1. The van der Waals surface area contributed by atoms with E-state index >= 15 is 0 Å². The topological polar surface area (TPSA) is 65.9 Å². The highest BCUT2D eigenvalue weighted by atomic mass is 16.2. The third-order valence-electron chi connectivity index (χ3n) is 5.45. The number of piperazine rings is 1. The zero-order valence-electron chi connectivity index (χ0n) is 17.0. The van der Waals surface area contributed by atoms with E-state index in [9.17, 15) is 14.4 Å². The predicted octanol–water partition coefficient (Wildman–Crippen LogP) is 1.26. The van der Waals surface area contributed by atoms with Crippen LogP contribution in [0.25, 0.3) is 10.9 Å². The molecule has 1 aromatic heterocycles. The Hall–Kier alpha value is -2.83. The average Bonchev–Trinajstić information content (AvgIpc) is 3.01. The molecule has 0 aliphatic carbocycles. The first-order valence-electron chi connectivity index (χ1n) is 9.58. The Morgan fingerprint density at radius 2 is 1.86 bits per heavy atom. The van der Waals surface area contributed by atoms with Crippen molar-refractivity contribution in [3.8, 4) is 0 Å². The van der Waals surface area contributed by atoms with Gasteiger partial charge in [-0.2, -0.15) is 0 Å². The minimum atomic E-state index is -0.609. The molecule has 2 aromatic rings. The van der Waals surface area contributed by atoms with Crippen molar-refractivity contribution in [2.24, 2.45) is 7.05 Å². The molecule has 28 heavy (non-hydrogen) atoms. The highest BCUT2D eigenvalue weighted by Crippen LogP contribution is 2.22. The van der Waals surface area contributed by atoms with Gasteiger partial charge in [0.1, 0.15) is 6.04 Å². The van der Waals surface area contributed by atoms with Gasteiger partial charge in [-0.15, -0.1) is 0 Å². The SMILES string of the molecule is CC(=O)N1CCN(C(=O)CCc2cn(C)c3ccccc23)C[C@H]1C(=O)N(C)C. The number of rotatable bonds is 4. The van der Waals surface area contributed by atoms with Crippen LogP contribution in [0, 0.1) is 0 Å². The van der Waals surface area contributed by atoms with Crippen molar-refractivity contribution in [2.75, 3.05) is 33.7 Å². The number of amides is 3. The van der Waals surface area contributed by atoms with Gasteiger partial charge in [-0.05, 0) is 18.1 Å². The van der Waals surface area contributed by atoms with Gasteiger partial charge < -0.3 is 19.3 Å². The van der Waals surface area contributed by atoms with E-state index in [1.54, 1.807) is 23.9 Å². The van der Waals surface area contributed by atoms with Crippen molar-refractivity contribution in [2.45, 2.75) is 25.8 Å². The summed E-state index contributed by atoms with van der Waals surface area (Å²) >= 11 is 0. The highest BCUT2D eigenvalue weighted by molar-refractivity contribution is 5.88. The van der Waals surface area contributed by atoms with Gasteiger partial charge in [0, 0.05) is 64.7 Å². The molecule has 0 spiro atoms. The second-order valence-electron chi connectivity index (χ2n) is 7.58. The third kappa shape index (κ3) is 3.88. The Morgan fingerprint density at radius 1 is 1.14 bits per heavy atom. The molecule has 7 nitrogen and oxygen atoms in total. The van der Waals surface area contributed by atoms with E-state index in [0.29, 0.717) is 25.9 Å². The van der Waals surface area contributed by atoms with Gasteiger partial charge in [-0.25, -0.2) is 0 Å². The van der Waals surface area contributed by atoms with Gasteiger partial charge in [0.25, 0.3) is 0 Å². The van der Waals surface area contributed by atoms with Crippen LogP contribution in [0.4, 0.5) is 0 Å². The Balaban J connectivity index is 1.68. The van der Waals surface area contributed by atoms with Crippen LogP contribution in [-0.4, -0.2) is 76.8 Å². The van der Waals surface area contributed by atoms with Crippen LogP contribution in [0.1, 0.15) is 18.9 Å². The van der Waals surface area contributed by atoms with Gasteiger partial charge in [-0.3, -0.25) is 14.4 Å². The first kappa shape index (κ1) is 19.9. The first-order valence-corrected chi connectivity index (χ1v) is 9.58. The van der Waals surface area contributed by atoms with Crippen LogP contribution in [0.5, 0.6) is 0 Å². The molecular weight excluding hydrogens is 356 g/mol. The number of aromatic nitrogens is 1. The highest BCUT2D eigenvalue weighted by Gasteiger charge is 2.36. The molecule has 0 saturated carbocycles. The quantitative estimate of drug-likeness (QED) is 0.797. The summed E-state index contributed by atoms with van der Waals surface area (Å²) in [7, 11) is 5.34. The van der Waals surface area contributed by atoms with Gasteiger partial charge in [0.2, 0.25) is 17.7 Å². The summed E-state index contributed by atoms with van der Waals surface area (Å²) in [6.07, 6.45) is 3.11. The maximum Gasteiger partial charge on any atom is 0.246 e. The maximum absolute atomic E-state index is 12.8. The number of benzene rings is 1. The van der Waals surface area contributed by atoms with Crippen molar-refractivity contribution in [3.63, 3.8) is 0 Å². The number of carbonyl (C=O) groups excluding carboxylic acids is 3. The predicted molar refractivity (Wildman–Crippen MR) is 108 cm³/mol. The molecule has 0 unspecified atom stereocenters. The van der Waals surface area contributed by atoms with Crippen LogP contribution in [-0.2, 0) is 27.9 Å². The molecule has 0 bridgehead atoms. The van der Waals surface area contributed by atoms with E-state index in [4.69, 9.17) is 0 Å². The lowest BCUT2D eigenvalue weighted by Crippen LogP contribution is -2.61. The molecule has 1 saturated heterocycles. The number of fused-ring (bicyclic) bond motifs is 1. The molecule has 1 aromatic carbocycles. The molecule has 0 N–H and O–H groups in total. The summed E-state index contributed by atoms with van der Waals surface area (Å²) in [6, 6.07) is 7.55. The summed E-state index contributed by atoms with van der Waals surface area (Å²) in [5.41, 5.74) is 2.30. The molecular formula is C21H28N4O3. The number of carbonyl (C=O) groups is 3. The zero-order chi connectivity index (χ0) is 20.4. The van der Waals surface area contributed by atoms with Crippen molar-refractivity contribution >= 4 is 28.6 Å². The number of para-hydroxylation sites is 1. The molecule has 0 radical (unpaired) electrons. The minimum absolute atomic E-state index is 0.0210. The number of hydrogen-bond donors (Lipinski definition) is 0. The smallest absolute Gasteiger partial charge is 0.246 e. The summed E-state index contributed by atoms with van der Waals surface area (Å²) in [4.78, 5) is 42.0. The summed E-state index contributed by atoms with van der Waals surface area (Å²) < 4.78 is 2.08. The fraction of sp³-hybridized carbons (Fsp3) is 0.476. The van der Waals surface area contributed by atoms with Crippen LogP contribution in [0.2, 0.25) is 0 Å². The molecule has 2 heterocycles. The van der Waals surface area contributed by atoms with Crippen LogP contribution < -0.4 is 0 Å². The minimum Gasteiger partial charge on any atom is -0.350 e. The Bertz CT molecular complexity index is 902. The van der Waals surface area contributed by atoms with Gasteiger partial charge >= 0.3 is 0 Å². The average molecular weight is 384 g/mol. The van der Waals surface area contributed by atoms with Crippen molar-refractivity contribution in [1.29, 1.82) is 0 Å². The van der Waals surface area contributed by atoms with Gasteiger partial charge in [-0.1, -0.05) is 18.2 Å². The molecule has 3 rings (SSSR count). The zero-order valence-corrected chi connectivity index (χ0v) is 17.0. The number of aryl methyl sites for hydroxylation is 2. The van der Waals surface area contributed by atoms with Crippen LogP contribution >= 0.6 is 0 Å². The van der Waals surface area contributed by atoms with Crippen LogP contribution in [0.3, 0.4) is 0 Å². The lowest BCUT2D eigenvalue weighted by molar-refractivity contribution is -0.150. The van der Waals surface area contributed by atoms with Gasteiger partial charge in [0.05, 0.1) is 6.54 Å². The number of nitrogens with zero attached hydrogens (tertiary/aromatic N) is 4. The van der Waals surface area contributed by atoms with E-state index in [-0.39, 0.29) is 24.3 Å². The molecule has 1 aliphatic rings. The first-order chi connectivity index (χ1) is 13.3. The second-order valence-corrected chi connectivity index (χ2v) is 7.58. The van der Waals surface area contributed by atoms with Crippen molar-refractivity contribution < 1.29 is 14.4 Å². The molecule has 1 aliphatic heterocycles. The molecule has 1 atom stereocenters. The fourth-order valence-corrected chi connectivity index (χ4v) is 3.92. The number of hydrogen-bond acceptors (Lipinski definition) is 3. The van der Waals surface area contributed by atoms with Crippen LogP contribution in [0.15, 0.2) is 30.5 Å². The largest absolute Gasteiger partial charge is 0.350 e. The Morgan fingerprint density at radius 3 is 2.54 bits per heavy atom. The lowest BCUT2D eigenvalue weighted by atomic mass is 10.1.